The third kappa shape index (κ3) is 3.86. The predicted molar refractivity (Wildman–Crippen MR) is 86.8 cm³/mol. The molecule has 0 saturated heterocycles. The molecular weight excluding hydrogens is 420 g/mol. The van der Waals surface area contributed by atoms with Crippen molar-refractivity contribution in [2.45, 2.75) is 6.42 Å². The molecule has 0 aliphatic rings. The van der Waals surface area contributed by atoms with Crippen LogP contribution in [0.3, 0.4) is 0 Å². The molecule has 2 N–H and O–H groups in total. The highest BCUT2D eigenvalue weighted by Gasteiger charge is 2.13. The van der Waals surface area contributed by atoms with Crippen molar-refractivity contribution in [3.05, 3.63) is 50.4 Å². The Labute approximate surface area is 142 Å². The van der Waals surface area contributed by atoms with E-state index in [0.717, 1.165) is 0 Å². The first-order valence-electron chi connectivity index (χ1n) is 6.06. The van der Waals surface area contributed by atoms with Crippen molar-refractivity contribution in [3.8, 4) is 17.2 Å². The van der Waals surface area contributed by atoms with E-state index in [2.05, 4.69) is 31.9 Å². The Bertz CT molecular complexity index is 720. The molecule has 0 radical (unpaired) electrons. The fourth-order valence-electron chi connectivity index (χ4n) is 1.79. The van der Waals surface area contributed by atoms with Gasteiger partial charge in [-0.3, -0.25) is 9.59 Å². The summed E-state index contributed by atoms with van der Waals surface area (Å²) in [6.07, 6.45) is 0.425. The van der Waals surface area contributed by atoms with Crippen molar-refractivity contribution in [2.24, 2.45) is 0 Å². The molecule has 2 aromatic carbocycles. The van der Waals surface area contributed by atoms with Crippen LogP contribution in [0.15, 0.2) is 39.3 Å². The Balaban J connectivity index is 2.33. The Hall–Kier alpha value is -1.86. The van der Waals surface area contributed by atoms with Gasteiger partial charge in [0.15, 0.2) is 12.0 Å². The van der Waals surface area contributed by atoms with Crippen molar-refractivity contribution < 1.29 is 24.5 Å². The van der Waals surface area contributed by atoms with Crippen LogP contribution in [0.4, 0.5) is 0 Å². The second-order valence-electron chi connectivity index (χ2n) is 4.40. The summed E-state index contributed by atoms with van der Waals surface area (Å²) in [5.41, 5.74) is 0.727. The van der Waals surface area contributed by atoms with Crippen LogP contribution < -0.4 is 4.74 Å². The number of carbonyl (C=O) groups excluding carboxylic acids is 1. The molecule has 0 atom stereocenters. The van der Waals surface area contributed by atoms with Crippen molar-refractivity contribution in [1.82, 2.24) is 0 Å². The van der Waals surface area contributed by atoms with Crippen LogP contribution in [-0.2, 0) is 11.2 Å². The van der Waals surface area contributed by atoms with Gasteiger partial charge in [-0.05, 0) is 67.8 Å². The molecule has 2 aromatic rings. The van der Waals surface area contributed by atoms with Gasteiger partial charge in [0, 0.05) is 0 Å². The molecule has 0 aliphatic heterocycles. The van der Waals surface area contributed by atoms with E-state index >= 15 is 0 Å². The van der Waals surface area contributed by atoms with Gasteiger partial charge in [-0.25, -0.2) is 0 Å². The van der Waals surface area contributed by atoms with Crippen LogP contribution in [0.1, 0.15) is 15.9 Å². The lowest BCUT2D eigenvalue weighted by molar-refractivity contribution is -0.136. The van der Waals surface area contributed by atoms with Crippen LogP contribution >= 0.6 is 31.9 Å². The highest BCUT2D eigenvalue weighted by Crippen LogP contribution is 2.38. The molecule has 0 spiro atoms. The summed E-state index contributed by atoms with van der Waals surface area (Å²) >= 11 is 6.66. The summed E-state index contributed by atoms with van der Waals surface area (Å²) in [6.45, 7) is 0. The van der Waals surface area contributed by atoms with Crippen molar-refractivity contribution in [3.63, 3.8) is 0 Å². The average Bonchev–Trinajstić information content (AvgIpc) is 2.43. The maximum absolute atomic E-state index is 10.8. The molecule has 0 aliphatic carbocycles. The van der Waals surface area contributed by atoms with Gasteiger partial charge in [0.2, 0.25) is 0 Å². The topological polar surface area (TPSA) is 83.8 Å². The van der Waals surface area contributed by atoms with E-state index in [1.54, 1.807) is 12.1 Å². The zero-order valence-electron chi connectivity index (χ0n) is 11.0. The predicted octanol–water partition coefficient (Wildman–Crippen LogP) is 4.15. The molecule has 114 valence electrons. The molecular formula is C15H10Br2O5. The quantitative estimate of drug-likeness (QED) is 0.697. The number of aromatic hydroxyl groups is 1. The zero-order valence-corrected chi connectivity index (χ0v) is 14.2. The molecule has 0 fully saturated rings. The number of carboxylic acids is 1. The van der Waals surface area contributed by atoms with E-state index < -0.39 is 5.97 Å². The smallest absolute Gasteiger partial charge is 0.307 e. The van der Waals surface area contributed by atoms with Gasteiger partial charge in [0.1, 0.15) is 11.5 Å². The number of hydrogen-bond acceptors (Lipinski definition) is 4. The summed E-state index contributed by atoms with van der Waals surface area (Å²) in [6, 6.07) is 7.59. The highest BCUT2D eigenvalue weighted by molar-refractivity contribution is 9.11. The van der Waals surface area contributed by atoms with Crippen LogP contribution in [0.2, 0.25) is 0 Å². The Morgan fingerprint density at radius 2 is 1.82 bits per heavy atom. The minimum Gasteiger partial charge on any atom is -0.507 e. The summed E-state index contributed by atoms with van der Waals surface area (Å²) < 4.78 is 6.82. The van der Waals surface area contributed by atoms with Gasteiger partial charge in [-0.2, -0.15) is 0 Å². The third-order valence-corrected chi connectivity index (χ3v) is 3.94. The summed E-state index contributed by atoms with van der Waals surface area (Å²) in [4.78, 5) is 21.6. The molecule has 0 saturated carbocycles. The first-order valence-corrected chi connectivity index (χ1v) is 7.65. The number of hydrogen-bond donors (Lipinski definition) is 2. The molecule has 0 aromatic heterocycles. The average molecular weight is 430 g/mol. The maximum atomic E-state index is 10.8. The number of aliphatic carboxylic acids is 1. The molecule has 7 heteroatoms. The van der Waals surface area contributed by atoms with Gasteiger partial charge in [-0.1, -0.05) is 0 Å². The molecule has 5 nitrogen and oxygen atoms in total. The zero-order chi connectivity index (χ0) is 16.3. The molecule has 2 rings (SSSR count). The maximum Gasteiger partial charge on any atom is 0.307 e. The monoisotopic (exact) mass is 428 g/mol. The SMILES string of the molecule is O=Cc1cc(Oc2c(Br)cc(CC(=O)O)cc2Br)ccc1O. The van der Waals surface area contributed by atoms with Crippen molar-refractivity contribution in [1.29, 1.82) is 0 Å². The number of aldehydes is 1. The number of carboxylic acid groups (broad SMARTS) is 1. The van der Waals surface area contributed by atoms with Gasteiger partial charge < -0.3 is 14.9 Å². The van der Waals surface area contributed by atoms with E-state index in [1.807, 2.05) is 0 Å². The number of halogens is 2. The first kappa shape index (κ1) is 16.5. The number of benzene rings is 2. The van der Waals surface area contributed by atoms with E-state index in [0.29, 0.717) is 32.3 Å². The third-order valence-electron chi connectivity index (χ3n) is 2.76. The van der Waals surface area contributed by atoms with Crippen molar-refractivity contribution >= 4 is 44.1 Å². The van der Waals surface area contributed by atoms with Crippen molar-refractivity contribution in [2.75, 3.05) is 0 Å². The van der Waals surface area contributed by atoms with Crippen LogP contribution in [0.25, 0.3) is 0 Å². The van der Waals surface area contributed by atoms with Gasteiger partial charge >= 0.3 is 5.97 Å². The normalized spacial score (nSPS) is 10.3. The largest absolute Gasteiger partial charge is 0.507 e. The Kier molecular flexibility index (Phi) is 5.20. The second kappa shape index (κ2) is 6.93. The first-order chi connectivity index (χ1) is 10.4. The second-order valence-corrected chi connectivity index (χ2v) is 6.11. The summed E-state index contributed by atoms with van der Waals surface area (Å²) in [5, 5.41) is 18.3. The van der Waals surface area contributed by atoms with Crippen LogP contribution in [0, 0.1) is 0 Å². The molecule has 0 amide bonds. The fraction of sp³-hybridized carbons (Fsp3) is 0.0667. The minimum absolute atomic E-state index is 0.105. The lowest BCUT2D eigenvalue weighted by Gasteiger charge is -2.12. The van der Waals surface area contributed by atoms with E-state index in [9.17, 15) is 14.7 Å². The lowest BCUT2D eigenvalue weighted by Crippen LogP contribution is -2.00. The number of phenols is 1. The molecule has 0 unspecified atom stereocenters. The number of rotatable bonds is 5. The molecule has 0 heterocycles. The highest BCUT2D eigenvalue weighted by atomic mass is 79.9. The van der Waals surface area contributed by atoms with E-state index in [4.69, 9.17) is 9.84 Å². The lowest BCUT2D eigenvalue weighted by atomic mass is 10.1. The van der Waals surface area contributed by atoms with E-state index in [-0.39, 0.29) is 17.7 Å². The number of phenolic OH excluding ortho intramolecular Hbond substituents is 1. The van der Waals surface area contributed by atoms with Gasteiger partial charge in [-0.15, -0.1) is 0 Å². The van der Waals surface area contributed by atoms with Crippen LogP contribution in [0.5, 0.6) is 17.2 Å². The summed E-state index contributed by atoms with van der Waals surface area (Å²) in [5.74, 6) is -0.247. The molecule has 0 bridgehead atoms. The van der Waals surface area contributed by atoms with Crippen LogP contribution in [-0.4, -0.2) is 22.5 Å². The van der Waals surface area contributed by atoms with Gasteiger partial charge in [0.25, 0.3) is 0 Å². The van der Waals surface area contributed by atoms with E-state index in [1.165, 1.54) is 18.2 Å². The fourth-order valence-corrected chi connectivity index (χ4v) is 3.24. The Morgan fingerprint density at radius 1 is 1.18 bits per heavy atom. The minimum atomic E-state index is -0.929. The number of ether oxygens (including phenoxy) is 1. The molecule has 22 heavy (non-hydrogen) atoms. The summed E-state index contributed by atoms with van der Waals surface area (Å²) in [7, 11) is 0. The van der Waals surface area contributed by atoms with Gasteiger partial charge in [0.05, 0.1) is 20.9 Å². The Morgan fingerprint density at radius 3 is 2.36 bits per heavy atom. The standard InChI is InChI=1S/C15H10Br2O5/c16-11-3-8(5-14(20)21)4-12(17)15(11)22-10-1-2-13(19)9(6-10)7-18/h1-4,6-7,19H,5H2,(H,20,21). The number of carbonyl (C=O) groups is 2.